The second kappa shape index (κ2) is 7.11. The first-order chi connectivity index (χ1) is 10.7. The van der Waals surface area contributed by atoms with Crippen LogP contribution < -0.4 is 16.4 Å². The van der Waals surface area contributed by atoms with E-state index >= 15 is 0 Å². The average Bonchev–Trinajstić information content (AvgIpc) is 2.75. The Morgan fingerprint density at radius 3 is 2.86 bits per heavy atom. The summed E-state index contributed by atoms with van der Waals surface area (Å²) >= 11 is 0. The van der Waals surface area contributed by atoms with E-state index in [1.54, 1.807) is 0 Å². The highest BCUT2D eigenvalue weighted by molar-refractivity contribution is 5.75. The second-order valence-electron chi connectivity index (χ2n) is 6.43. The number of benzene rings is 1. The van der Waals surface area contributed by atoms with Gasteiger partial charge in [0.05, 0.1) is 0 Å². The van der Waals surface area contributed by atoms with Gasteiger partial charge < -0.3 is 21.3 Å². The summed E-state index contributed by atoms with van der Waals surface area (Å²) in [7, 11) is 0. The highest BCUT2D eigenvalue weighted by Crippen LogP contribution is 2.26. The van der Waals surface area contributed by atoms with Crippen molar-refractivity contribution in [3.8, 4) is 0 Å². The van der Waals surface area contributed by atoms with Crippen molar-refractivity contribution in [2.24, 2.45) is 5.73 Å². The molecule has 2 aliphatic heterocycles. The molecule has 4 N–H and O–H groups in total. The van der Waals surface area contributed by atoms with Gasteiger partial charge in [0.1, 0.15) is 0 Å². The summed E-state index contributed by atoms with van der Waals surface area (Å²) in [5.74, 6) is 0.235. The van der Waals surface area contributed by atoms with Gasteiger partial charge in [-0.2, -0.15) is 0 Å². The number of nitrogens with zero attached hydrogens (tertiary/aromatic N) is 1. The van der Waals surface area contributed by atoms with E-state index in [-0.39, 0.29) is 24.0 Å². The Labute approximate surface area is 132 Å². The minimum Gasteiger partial charge on any atom is -0.334 e. The SMILES string of the molecule is N[C@@H]1CN(C(=O)NC2CCCCNC2)C[C@H]1c1ccccc1. The standard InChI is InChI=1S/C17H26N4O/c18-16-12-21(11-15(16)13-6-2-1-3-7-13)17(22)20-14-8-4-5-9-19-10-14/h1-3,6-7,14-16,19H,4-5,8-12,18H2,(H,20,22)/t14?,15-,16+/m0/s1. The molecule has 0 saturated carbocycles. The molecule has 5 heteroatoms. The Bertz CT molecular complexity index is 485. The van der Waals surface area contributed by atoms with Crippen molar-refractivity contribution in [3.63, 3.8) is 0 Å². The van der Waals surface area contributed by atoms with Crippen molar-refractivity contribution in [1.29, 1.82) is 0 Å². The van der Waals surface area contributed by atoms with Crippen LogP contribution in [0.4, 0.5) is 4.79 Å². The summed E-state index contributed by atoms with van der Waals surface area (Å²) in [5.41, 5.74) is 7.49. The van der Waals surface area contributed by atoms with E-state index in [2.05, 4.69) is 22.8 Å². The summed E-state index contributed by atoms with van der Waals surface area (Å²) in [6.45, 7) is 3.26. The molecule has 22 heavy (non-hydrogen) atoms. The topological polar surface area (TPSA) is 70.4 Å². The van der Waals surface area contributed by atoms with E-state index < -0.39 is 0 Å². The number of amides is 2. The van der Waals surface area contributed by atoms with Crippen LogP contribution in [0.2, 0.25) is 0 Å². The number of urea groups is 1. The minimum absolute atomic E-state index is 0.0143. The molecule has 5 nitrogen and oxygen atoms in total. The number of rotatable bonds is 2. The molecule has 3 rings (SSSR count). The molecule has 0 aromatic heterocycles. The summed E-state index contributed by atoms with van der Waals surface area (Å²) in [4.78, 5) is 14.3. The van der Waals surface area contributed by atoms with Gasteiger partial charge in [-0.15, -0.1) is 0 Å². The van der Waals surface area contributed by atoms with Crippen LogP contribution in [0.3, 0.4) is 0 Å². The van der Waals surface area contributed by atoms with Crippen molar-refractivity contribution >= 4 is 6.03 Å². The van der Waals surface area contributed by atoms with Gasteiger partial charge >= 0.3 is 6.03 Å². The van der Waals surface area contributed by atoms with E-state index in [9.17, 15) is 4.79 Å². The van der Waals surface area contributed by atoms with E-state index in [1.807, 2.05) is 23.1 Å². The zero-order chi connectivity index (χ0) is 15.4. The van der Waals surface area contributed by atoms with Crippen molar-refractivity contribution in [2.45, 2.75) is 37.3 Å². The molecule has 0 radical (unpaired) electrons. The van der Waals surface area contributed by atoms with Gasteiger partial charge in [-0.1, -0.05) is 36.8 Å². The Hall–Kier alpha value is -1.59. The van der Waals surface area contributed by atoms with Gasteiger partial charge in [0, 0.05) is 37.6 Å². The predicted octanol–water partition coefficient (Wildman–Crippen LogP) is 1.26. The molecule has 3 atom stereocenters. The molecule has 1 aromatic carbocycles. The molecule has 2 aliphatic rings. The monoisotopic (exact) mass is 302 g/mol. The third kappa shape index (κ3) is 3.59. The Morgan fingerprint density at radius 2 is 2.05 bits per heavy atom. The number of hydrogen-bond acceptors (Lipinski definition) is 3. The fourth-order valence-electron chi connectivity index (χ4n) is 3.46. The normalized spacial score (nSPS) is 29.1. The fourth-order valence-corrected chi connectivity index (χ4v) is 3.46. The molecule has 0 aliphatic carbocycles. The summed E-state index contributed by atoms with van der Waals surface area (Å²) in [6, 6.07) is 10.5. The quantitative estimate of drug-likeness (QED) is 0.770. The van der Waals surface area contributed by atoms with Gasteiger partial charge in [0.2, 0.25) is 0 Å². The van der Waals surface area contributed by atoms with Gasteiger partial charge in [0.15, 0.2) is 0 Å². The molecular formula is C17H26N4O. The zero-order valence-corrected chi connectivity index (χ0v) is 13.0. The van der Waals surface area contributed by atoms with Crippen molar-refractivity contribution in [2.75, 3.05) is 26.2 Å². The minimum atomic E-state index is 0.0143. The summed E-state index contributed by atoms with van der Waals surface area (Å²) in [5, 5.41) is 6.54. The highest BCUT2D eigenvalue weighted by Gasteiger charge is 2.34. The van der Waals surface area contributed by atoms with Gasteiger partial charge in [0.25, 0.3) is 0 Å². The number of carbonyl (C=O) groups excluding carboxylic acids is 1. The summed E-state index contributed by atoms with van der Waals surface area (Å²) < 4.78 is 0. The molecule has 2 fully saturated rings. The first-order valence-electron chi connectivity index (χ1n) is 8.30. The Morgan fingerprint density at radius 1 is 1.23 bits per heavy atom. The Kier molecular flexibility index (Phi) is 4.95. The lowest BCUT2D eigenvalue weighted by molar-refractivity contribution is 0.203. The van der Waals surface area contributed by atoms with E-state index in [4.69, 9.17) is 5.73 Å². The maximum atomic E-state index is 12.5. The third-order valence-electron chi connectivity index (χ3n) is 4.75. The molecule has 1 aromatic rings. The van der Waals surface area contributed by atoms with Crippen LogP contribution in [-0.2, 0) is 0 Å². The Balaban J connectivity index is 1.57. The molecule has 0 bridgehead atoms. The maximum absolute atomic E-state index is 12.5. The molecular weight excluding hydrogens is 276 g/mol. The van der Waals surface area contributed by atoms with Gasteiger partial charge in [-0.05, 0) is 24.9 Å². The number of likely N-dealkylation sites (tertiary alicyclic amines) is 1. The van der Waals surface area contributed by atoms with Crippen LogP contribution in [0.1, 0.15) is 30.7 Å². The van der Waals surface area contributed by atoms with Crippen molar-refractivity contribution in [1.82, 2.24) is 15.5 Å². The lowest BCUT2D eigenvalue weighted by atomic mass is 9.95. The van der Waals surface area contributed by atoms with Gasteiger partial charge in [-0.25, -0.2) is 4.79 Å². The van der Waals surface area contributed by atoms with Crippen LogP contribution in [0.25, 0.3) is 0 Å². The highest BCUT2D eigenvalue weighted by atomic mass is 16.2. The molecule has 0 spiro atoms. The first-order valence-corrected chi connectivity index (χ1v) is 8.30. The molecule has 2 heterocycles. The average molecular weight is 302 g/mol. The number of nitrogens with two attached hydrogens (primary N) is 1. The van der Waals surface area contributed by atoms with E-state index in [1.165, 1.54) is 18.4 Å². The largest absolute Gasteiger partial charge is 0.334 e. The van der Waals surface area contributed by atoms with Crippen molar-refractivity contribution < 1.29 is 4.79 Å². The van der Waals surface area contributed by atoms with Gasteiger partial charge in [-0.3, -0.25) is 0 Å². The zero-order valence-electron chi connectivity index (χ0n) is 13.0. The molecule has 1 unspecified atom stereocenters. The van der Waals surface area contributed by atoms with Crippen LogP contribution in [0, 0.1) is 0 Å². The molecule has 120 valence electrons. The van der Waals surface area contributed by atoms with E-state index in [0.717, 1.165) is 19.5 Å². The first kappa shape index (κ1) is 15.3. The smallest absolute Gasteiger partial charge is 0.317 e. The second-order valence-corrected chi connectivity index (χ2v) is 6.43. The maximum Gasteiger partial charge on any atom is 0.317 e. The van der Waals surface area contributed by atoms with Crippen LogP contribution in [0.15, 0.2) is 30.3 Å². The lowest BCUT2D eigenvalue weighted by Crippen LogP contribution is -2.47. The number of nitrogens with one attached hydrogen (secondary N) is 2. The molecule has 2 amide bonds. The van der Waals surface area contributed by atoms with Crippen molar-refractivity contribution in [3.05, 3.63) is 35.9 Å². The number of hydrogen-bond donors (Lipinski definition) is 3. The van der Waals surface area contributed by atoms with Crippen LogP contribution in [-0.4, -0.2) is 49.2 Å². The number of carbonyl (C=O) groups is 1. The van der Waals surface area contributed by atoms with Crippen LogP contribution >= 0.6 is 0 Å². The van der Waals surface area contributed by atoms with Crippen LogP contribution in [0.5, 0.6) is 0 Å². The lowest BCUT2D eigenvalue weighted by Gasteiger charge is -2.22. The fraction of sp³-hybridized carbons (Fsp3) is 0.588. The third-order valence-corrected chi connectivity index (χ3v) is 4.75. The summed E-state index contributed by atoms with van der Waals surface area (Å²) in [6.07, 6.45) is 3.42. The van der Waals surface area contributed by atoms with E-state index in [0.29, 0.717) is 13.1 Å². The predicted molar refractivity (Wildman–Crippen MR) is 87.8 cm³/mol. The molecule has 2 saturated heterocycles.